The molecule has 192 valence electrons. The quantitative estimate of drug-likeness (QED) is 0.460. The van der Waals surface area contributed by atoms with Crippen molar-refractivity contribution in [3.63, 3.8) is 0 Å². The Kier molecular flexibility index (Phi) is 10.2. The third-order valence-electron chi connectivity index (χ3n) is 5.17. The molecule has 2 amide bonds. The summed E-state index contributed by atoms with van der Waals surface area (Å²) in [5.41, 5.74) is 0.867. The van der Waals surface area contributed by atoms with Crippen molar-refractivity contribution >= 4 is 50.7 Å². The first-order valence-electron chi connectivity index (χ1n) is 11.0. The highest BCUT2D eigenvalue weighted by atomic mass is 35.5. The zero-order valence-corrected chi connectivity index (χ0v) is 22.7. The van der Waals surface area contributed by atoms with Gasteiger partial charge in [0.1, 0.15) is 18.3 Å². The number of halogens is 2. The van der Waals surface area contributed by atoms with Gasteiger partial charge >= 0.3 is 0 Å². The van der Waals surface area contributed by atoms with E-state index in [4.69, 9.17) is 27.9 Å². The molecule has 2 rings (SSSR count). The molecule has 8 nitrogen and oxygen atoms in total. The maximum absolute atomic E-state index is 13.7. The van der Waals surface area contributed by atoms with Gasteiger partial charge in [-0.05, 0) is 56.2 Å². The molecular formula is C24H31Cl2N3O5S. The Morgan fingerprint density at radius 1 is 1.06 bits per heavy atom. The second-order valence-electron chi connectivity index (χ2n) is 8.32. The molecule has 2 aromatic carbocycles. The van der Waals surface area contributed by atoms with Crippen LogP contribution in [-0.2, 0) is 26.2 Å². The van der Waals surface area contributed by atoms with E-state index in [0.717, 1.165) is 16.1 Å². The first-order valence-corrected chi connectivity index (χ1v) is 13.6. The van der Waals surface area contributed by atoms with Crippen LogP contribution in [0.5, 0.6) is 5.75 Å². The Morgan fingerprint density at radius 3 is 2.17 bits per heavy atom. The molecule has 0 fully saturated rings. The Bertz CT molecular complexity index is 1140. The van der Waals surface area contributed by atoms with Gasteiger partial charge in [-0.15, -0.1) is 0 Å². The van der Waals surface area contributed by atoms with Crippen LogP contribution in [0.3, 0.4) is 0 Å². The predicted molar refractivity (Wildman–Crippen MR) is 140 cm³/mol. The van der Waals surface area contributed by atoms with Crippen LogP contribution in [-0.4, -0.2) is 57.1 Å². The van der Waals surface area contributed by atoms with Gasteiger partial charge in [0, 0.05) is 22.6 Å². The van der Waals surface area contributed by atoms with Gasteiger partial charge in [0.2, 0.25) is 21.8 Å². The largest absolute Gasteiger partial charge is 0.495 e. The highest BCUT2D eigenvalue weighted by Crippen LogP contribution is 2.33. The van der Waals surface area contributed by atoms with Crippen LogP contribution < -0.4 is 14.4 Å². The topological polar surface area (TPSA) is 96.0 Å². The minimum atomic E-state index is -3.92. The molecular weight excluding hydrogens is 513 g/mol. The van der Waals surface area contributed by atoms with Crippen molar-refractivity contribution in [3.05, 3.63) is 58.1 Å². The number of methoxy groups -OCH3 is 1. The minimum absolute atomic E-state index is 0.0876. The molecule has 1 N–H and O–H groups in total. The number of hydrogen-bond donors (Lipinski definition) is 1. The normalized spacial score (nSPS) is 12.2. The van der Waals surface area contributed by atoms with E-state index in [9.17, 15) is 18.0 Å². The highest BCUT2D eigenvalue weighted by molar-refractivity contribution is 7.92. The lowest BCUT2D eigenvalue weighted by atomic mass is 10.1. The molecule has 0 saturated heterocycles. The number of carbonyl (C=O) groups is 2. The summed E-state index contributed by atoms with van der Waals surface area (Å²) in [4.78, 5) is 28.0. The molecule has 0 bridgehead atoms. The average Bonchev–Trinajstić information content (AvgIpc) is 2.77. The standard InChI is InChI=1S/C24H31Cl2N3O5S/c1-6-20(24(31)27-16(2)3)28(14-17-7-9-18(25)10-8-17)23(30)15-29(35(5,32)33)21-13-19(26)11-12-22(21)34-4/h7-13,16,20H,6,14-15H2,1-5H3,(H,27,31)/t20-/m0/s1. The molecule has 0 aliphatic carbocycles. The summed E-state index contributed by atoms with van der Waals surface area (Å²) < 4.78 is 31.7. The summed E-state index contributed by atoms with van der Waals surface area (Å²) in [6.45, 7) is 4.99. The van der Waals surface area contributed by atoms with Crippen molar-refractivity contribution in [3.8, 4) is 5.75 Å². The molecule has 35 heavy (non-hydrogen) atoms. The van der Waals surface area contributed by atoms with Crippen molar-refractivity contribution in [1.29, 1.82) is 0 Å². The van der Waals surface area contributed by atoms with E-state index in [1.165, 1.54) is 24.1 Å². The van der Waals surface area contributed by atoms with E-state index in [1.54, 1.807) is 37.3 Å². The van der Waals surface area contributed by atoms with E-state index in [0.29, 0.717) is 11.4 Å². The van der Waals surface area contributed by atoms with Gasteiger partial charge in [-0.2, -0.15) is 0 Å². The number of benzene rings is 2. The maximum atomic E-state index is 13.7. The highest BCUT2D eigenvalue weighted by Gasteiger charge is 2.32. The number of ether oxygens (including phenoxy) is 1. The monoisotopic (exact) mass is 543 g/mol. The third-order valence-corrected chi connectivity index (χ3v) is 6.79. The lowest BCUT2D eigenvalue weighted by Gasteiger charge is -2.33. The van der Waals surface area contributed by atoms with Gasteiger partial charge in [0.15, 0.2) is 0 Å². The van der Waals surface area contributed by atoms with Crippen LogP contribution in [0.15, 0.2) is 42.5 Å². The minimum Gasteiger partial charge on any atom is -0.495 e. The van der Waals surface area contributed by atoms with Gasteiger partial charge in [0.05, 0.1) is 19.1 Å². The Balaban J connectivity index is 2.50. The first-order chi connectivity index (χ1) is 16.4. The molecule has 0 aliphatic rings. The van der Waals surface area contributed by atoms with E-state index in [2.05, 4.69) is 5.32 Å². The van der Waals surface area contributed by atoms with Crippen LogP contribution in [0.25, 0.3) is 0 Å². The number of nitrogens with zero attached hydrogens (tertiary/aromatic N) is 2. The van der Waals surface area contributed by atoms with Crippen molar-refractivity contribution < 1.29 is 22.7 Å². The van der Waals surface area contributed by atoms with Gasteiger partial charge < -0.3 is 15.0 Å². The molecule has 0 aromatic heterocycles. The molecule has 0 radical (unpaired) electrons. The van der Waals surface area contributed by atoms with Gasteiger partial charge in [0.25, 0.3) is 0 Å². The molecule has 0 saturated carbocycles. The van der Waals surface area contributed by atoms with Crippen molar-refractivity contribution in [2.24, 2.45) is 0 Å². The molecule has 2 aromatic rings. The Labute approximate surface area is 217 Å². The SMILES string of the molecule is CC[C@@H](C(=O)NC(C)C)N(Cc1ccc(Cl)cc1)C(=O)CN(c1cc(Cl)ccc1OC)S(C)(=O)=O. The smallest absolute Gasteiger partial charge is 0.244 e. The number of rotatable bonds is 11. The fourth-order valence-electron chi connectivity index (χ4n) is 3.54. The van der Waals surface area contributed by atoms with Gasteiger partial charge in [-0.25, -0.2) is 8.42 Å². The second-order valence-corrected chi connectivity index (χ2v) is 11.1. The number of hydrogen-bond acceptors (Lipinski definition) is 5. The van der Waals surface area contributed by atoms with E-state index >= 15 is 0 Å². The van der Waals surface area contributed by atoms with E-state index < -0.39 is 28.5 Å². The van der Waals surface area contributed by atoms with Crippen molar-refractivity contribution in [1.82, 2.24) is 10.2 Å². The molecule has 11 heteroatoms. The van der Waals surface area contributed by atoms with Crippen LogP contribution in [0.4, 0.5) is 5.69 Å². The average molecular weight is 545 g/mol. The molecule has 1 atom stereocenters. The number of amides is 2. The lowest BCUT2D eigenvalue weighted by molar-refractivity contribution is -0.140. The summed E-state index contributed by atoms with van der Waals surface area (Å²) >= 11 is 12.1. The van der Waals surface area contributed by atoms with E-state index in [-0.39, 0.29) is 35.0 Å². The number of anilines is 1. The Hall–Kier alpha value is -2.49. The molecule has 0 heterocycles. The lowest BCUT2D eigenvalue weighted by Crippen LogP contribution is -2.53. The summed E-state index contributed by atoms with van der Waals surface area (Å²) in [7, 11) is -2.52. The fraction of sp³-hybridized carbons (Fsp3) is 0.417. The summed E-state index contributed by atoms with van der Waals surface area (Å²) in [5.74, 6) is -0.643. The maximum Gasteiger partial charge on any atom is 0.244 e. The number of sulfonamides is 1. The summed E-state index contributed by atoms with van der Waals surface area (Å²) in [5, 5.41) is 3.66. The molecule has 0 aliphatic heterocycles. The van der Waals surface area contributed by atoms with Gasteiger partial charge in [-0.3, -0.25) is 13.9 Å². The predicted octanol–water partition coefficient (Wildman–Crippen LogP) is 4.10. The number of nitrogens with one attached hydrogen (secondary N) is 1. The molecule has 0 unspecified atom stereocenters. The summed E-state index contributed by atoms with van der Waals surface area (Å²) in [6.07, 6.45) is 1.32. The van der Waals surface area contributed by atoms with Crippen LogP contribution in [0.2, 0.25) is 10.0 Å². The van der Waals surface area contributed by atoms with Crippen LogP contribution >= 0.6 is 23.2 Å². The van der Waals surface area contributed by atoms with Crippen LogP contribution in [0.1, 0.15) is 32.8 Å². The summed E-state index contributed by atoms with van der Waals surface area (Å²) in [6, 6.07) is 10.4. The van der Waals surface area contributed by atoms with Crippen molar-refractivity contribution in [2.75, 3.05) is 24.2 Å². The third kappa shape index (κ3) is 8.02. The zero-order valence-electron chi connectivity index (χ0n) is 20.4. The number of carbonyl (C=O) groups excluding carboxylic acids is 2. The molecule has 0 spiro atoms. The Morgan fingerprint density at radius 2 is 1.66 bits per heavy atom. The zero-order chi connectivity index (χ0) is 26.3. The second kappa shape index (κ2) is 12.5. The van der Waals surface area contributed by atoms with Crippen LogP contribution in [0, 0.1) is 0 Å². The van der Waals surface area contributed by atoms with Crippen molar-refractivity contribution in [2.45, 2.75) is 45.8 Å². The van der Waals surface area contributed by atoms with E-state index in [1.807, 2.05) is 13.8 Å². The first kappa shape index (κ1) is 28.7. The van der Waals surface area contributed by atoms with Gasteiger partial charge in [-0.1, -0.05) is 42.3 Å². The fourth-order valence-corrected chi connectivity index (χ4v) is 4.68.